The number of hydrogen-bond acceptors (Lipinski definition) is 4. The van der Waals surface area contributed by atoms with Crippen molar-refractivity contribution >= 4 is 34.3 Å². The Labute approximate surface area is 174 Å². The zero-order valence-electron chi connectivity index (χ0n) is 16.5. The molecule has 29 heavy (non-hydrogen) atoms. The monoisotopic (exact) mass is 414 g/mol. The number of aromatic nitrogens is 1. The summed E-state index contributed by atoms with van der Waals surface area (Å²) in [5.74, 6) is 0.207. The zero-order valence-corrected chi connectivity index (χ0v) is 17.3. The standard InChI is InChI=1S/C22H23ClN2O4/c1-13(26)12-24-21(27)11-18-14(2)25(20-9-8-17(29-3)10-19(18)20)22(28)15-4-6-16(23)7-5-15/h4-10,13,26H,11-12H2,1-3H3,(H,24,27)/t13-/m1/s1. The van der Waals surface area contributed by atoms with E-state index in [2.05, 4.69) is 5.32 Å². The first-order valence-electron chi connectivity index (χ1n) is 9.24. The van der Waals surface area contributed by atoms with Gasteiger partial charge in [-0.1, -0.05) is 11.6 Å². The van der Waals surface area contributed by atoms with Crippen molar-refractivity contribution in [3.63, 3.8) is 0 Å². The van der Waals surface area contributed by atoms with Crippen molar-refractivity contribution in [3.05, 3.63) is 64.3 Å². The largest absolute Gasteiger partial charge is 0.497 e. The van der Waals surface area contributed by atoms with Gasteiger partial charge in [0, 0.05) is 28.2 Å². The highest BCUT2D eigenvalue weighted by atomic mass is 35.5. The average molecular weight is 415 g/mol. The molecule has 0 bridgehead atoms. The zero-order chi connectivity index (χ0) is 21.1. The number of hydrogen-bond donors (Lipinski definition) is 2. The molecule has 0 saturated heterocycles. The van der Waals surface area contributed by atoms with E-state index in [4.69, 9.17) is 16.3 Å². The summed E-state index contributed by atoms with van der Waals surface area (Å²) in [5.41, 5.74) is 2.61. The number of nitrogens with one attached hydrogen (secondary N) is 1. The Hall–Kier alpha value is -2.83. The van der Waals surface area contributed by atoms with E-state index in [1.54, 1.807) is 48.9 Å². The van der Waals surface area contributed by atoms with Crippen LogP contribution in [0.3, 0.4) is 0 Å². The fourth-order valence-electron chi connectivity index (χ4n) is 3.28. The highest BCUT2D eigenvalue weighted by molar-refractivity contribution is 6.30. The Balaban J connectivity index is 2.08. The van der Waals surface area contributed by atoms with E-state index < -0.39 is 6.10 Å². The molecule has 1 amide bonds. The number of amides is 1. The fraction of sp³-hybridized carbons (Fsp3) is 0.273. The Morgan fingerprint density at radius 3 is 2.52 bits per heavy atom. The predicted octanol–water partition coefficient (Wildman–Crippen LogP) is 3.34. The molecular formula is C22H23ClN2O4. The molecule has 0 aliphatic heterocycles. The van der Waals surface area contributed by atoms with Crippen molar-refractivity contribution in [3.8, 4) is 5.75 Å². The van der Waals surface area contributed by atoms with Gasteiger partial charge in [0.2, 0.25) is 5.91 Å². The van der Waals surface area contributed by atoms with Crippen LogP contribution in [-0.4, -0.2) is 41.2 Å². The maximum absolute atomic E-state index is 13.2. The topological polar surface area (TPSA) is 80.6 Å². The SMILES string of the molecule is COc1ccc2c(c1)c(CC(=O)NC[C@@H](C)O)c(C)n2C(=O)c1ccc(Cl)cc1. The molecule has 0 unspecified atom stereocenters. The Bertz CT molecular complexity index is 1050. The predicted molar refractivity (Wildman–Crippen MR) is 113 cm³/mol. The van der Waals surface area contributed by atoms with Crippen LogP contribution in [0.25, 0.3) is 10.9 Å². The van der Waals surface area contributed by atoms with Gasteiger partial charge in [0.1, 0.15) is 5.75 Å². The summed E-state index contributed by atoms with van der Waals surface area (Å²) < 4.78 is 6.93. The second-order valence-electron chi connectivity index (χ2n) is 6.92. The number of nitrogens with zero attached hydrogens (tertiary/aromatic N) is 1. The molecule has 152 valence electrons. The van der Waals surface area contributed by atoms with Gasteiger partial charge in [0.15, 0.2) is 0 Å². The summed E-state index contributed by atoms with van der Waals surface area (Å²) in [6.07, 6.45) is -0.545. The first-order chi connectivity index (χ1) is 13.8. The number of fused-ring (bicyclic) bond motifs is 1. The first-order valence-corrected chi connectivity index (χ1v) is 9.62. The van der Waals surface area contributed by atoms with Gasteiger partial charge >= 0.3 is 0 Å². The molecule has 1 atom stereocenters. The lowest BCUT2D eigenvalue weighted by Crippen LogP contribution is -2.31. The van der Waals surface area contributed by atoms with Crippen molar-refractivity contribution in [2.45, 2.75) is 26.4 Å². The number of methoxy groups -OCH3 is 1. The number of carbonyl (C=O) groups is 2. The van der Waals surface area contributed by atoms with E-state index in [1.165, 1.54) is 0 Å². The maximum atomic E-state index is 13.2. The molecule has 2 aromatic carbocycles. The summed E-state index contributed by atoms with van der Waals surface area (Å²) >= 11 is 5.94. The van der Waals surface area contributed by atoms with Crippen LogP contribution in [-0.2, 0) is 11.2 Å². The average Bonchev–Trinajstić information content (AvgIpc) is 2.97. The minimum atomic E-state index is -0.632. The smallest absolute Gasteiger partial charge is 0.262 e. The quantitative estimate of drug-likeness (QED) is 0.648. The van der Waals surface area contributed by atoms with Crippen LogP contribution in [0.1, 0.15) is 28.5 Å². The van der Waals surface area contributed by atoms with Crippen molar-refractivity contribution < 1.29 is 19.4 Å². The van der Waals surface area contributed by atoms with Crippen molar-refractivity contribution in [1.82, 2.24) is 9.88 Å². The van der Waals surface area contributed by atoms with Gasteiger partial charge in [0.05, 0.1) is 25.2 Å². The molecule has 2 N–H and O–H groups in total. The van der Waals surface area contributed by atoms with Crippen LogP contribution in [0.2, 0.25) is 5.02 Å². The van der Waals surface area contributed by atoms with Gasteiger partial charge in [-0.05, 0) is 61.9 Å². The Kier molecular flexibility index (Phi) is 6.25. The molecule has 0 spiro atoms. The van der Waals surface area contributed by atoms with Crippen LogP contribution in [0.15, 0.2) is 42.5 Å². The van der Waals surface area contributed by atoms with Crippen LogP contribution in [0.5, 0.6) is 5.75 Å². The number of benzene rings is 2. The lowest BCUT2D eigenvalue weighted by molar-refractivity contribution is -0.120. The summed E-state index contributed by atoms with van der Waals surface area (Å²) in [6, 6.07) is 12.1. The van der Waals surface area contributed by atoms with E-state index in [-0.39, 0.29) is 24.8 Å². The van der Waals surface area contributed by atoms with E-state index in [0.717, 1.165) is 10.9 Å². The molecular weight excluding hydrogens is 392 g/mol. The lowest BCUT2D eigenvalue weighted by atomic mass is 10.1. The third-order valence-electron chi connectivity index (χ3n) is 4.77. The first kappa shape index (κ1) is 20.9. The second-order valence-corrected chi connectivity index (χ2v) is 7.36. The van der Waals surface area contributed by atoms with E-state index in [0.29, 0.717) is 27.5 Å². The van der Waals surface area contributed by atoms with Crippen molar-refractivity contribution in [1.29, 1.82) is 0 Å². The van der Waals surface area contributed by atoms with Crippen LogP contribution >= 0.6 is 11.6 Å². The maximum Gasteiger partial charge on any atom is 0.262 e. The van der Waals surface area contributed by atoms with Gasteiger partial charge in [-0.15, -0.1) is 0 Å². The van der Waals surface area contributed by atoms with Crippen LogP contribution in [0.4, 0.5) is 0 Å². The number of rotatable bonds is 6. The van der Waals surface area contributed by atoms with Crippen molar-refractivity contribution in [2.75, 3.05) is 13.7 Å². The summed E-state index contributed by atoms with van der Waals surface area (Å²) in [4.78, 5) is 25.6. The molecule has 7 heteroatoms. The third-order valence-corrected chi connectivity index (χ3v) is 5.02. The van der Waals surface area contributed by atoms with Gasteiger partial charge in [0.25, 0.3) is 5.91 Å². The molecule has 0 radical (unpaired) electrons. The highest BCUT2D eigenvalue weighted by Crippen LogP contribution is 2.30. The third kappa shape index (κ3) is 4.44. The molecule has 3 aromatic rings. The van der Waals surface area contributed by atoms with Crippen LogP contribution in [0, 0.1) is 6.92 Å². The number of ether oxygens (including phenoxy) is 1. The molecule has 0 saturated carbocycles. The number of halogens is 1. The molecule has 3 rings (SSSR count). The normalized spacial score (nSPS) is 12.0. The fourth-order valence-corrected chi connectivity index (χ4v) is 3.41. The molecule has 6 nitrogen and oxygen atoms in total. The Morgan fingerprint density at radius 1 is 1.21 bits per heavy atom. The second kappa shape index (κ2) is 8.68. The summed E-state index contributed by atoms with van der Waals surface area (Å²) in [6.45, 7) is 3.59. The molecule has 0 aliphatic carbocycles. The van der Waals surface area contributed by atoms with Gasteiger partial charge in [-0.3, -0.25) is 14.2 Å². The van der Waals surface area contributed by atoms with E-state index in [1.807, 2.05) is 19.1 Å². The minimum absolute atomic E-state index is 0.0864. The number of carbonyl (C=O) groups excluding carboxylic acids is 2. The van der Waals surface area contributed by atoms with Gasteiger partial charge < -0.3 is 15.2 Å². The van der Waals surface area contributed by atoms with Gasteiger partial charge in [-0.25, -0.2) is 0 Å². The number of aliphatic hydroxyl groups is 1. The van der Waals surface area contributed by atoms with Crippen molar-refractivity contribution in [2.24, 2.45) is 0 Å². The Morgan fingerprint density at radius 2 is 1.90 bits per heavy atom. The van der Waals surface area contributed by atoms with Gasteiger partial charge in [-0.2, -0.15) is 0 Å². The van der Waals surface area contributed by atoms with E-state index in [9.17, 15) is 14.7 Å². The summed E-state index contributed by atoms with van der Waals surface area (Å²) in [5, 5.41) is 13.4. The molecule has 0 aliphatic rings. The van der Waals surface area contributed by atoms with Crippen LogP contribution < -0.4 is 10.1 Å². The highest BCUT2D eigenvalue weighted by Gasteiger charge is 2.22. The van der Waals surface area contributed by atoms with E-state index >= 15 is 0 Å². The number of aliphatic hydroxyl groups excluding tert-OH is 1. The molecule has 1 heterocycles. The molecule has 0 fully saturated rings. The molecule has 1 aromatic heterocycles. The summed E-state index contributed by atoms with van der Waals surface area (Å²) in [7, 11) is 1.57. The minimum Gasteiger partial charge on any atom is -0.497 e. The lowest BCUT2D eigenvalue weighted by Gasteiger charge is -2.09.